The molecule has 15 heavy (non-hydrogen) atoms. The van der Waals surface area contributed by atoms with Crippen molar-refractivity contribution in [2.45, 2.75) is 0 Å². The van der Waals surface area contributed by atoms with E-state index in [0.29, 0.717) is 26.4 Å². The Kier molecular flexibility index (Phi) is 2.81. The highest BCUT2D eigenvalue weighted by Gasteiger charge is 2.14. The van der Waals surface area contributed by atoms with Gasteiger partial charge in [0.1, 0.15) is 11.8 Å². The molecule has 0 atom stereocenters. The minimum Gasteiger partial charge on any atom is -0.464 e. The van der Waals surface area contributed by atoms with Crippen LogP contribution in [0.5, 0.6) is 0 Å². The first-order valence-electron chi connectivity index (χ1n) is 4.16. The van der Waals surface area contributed by atoms with Crippen molar-refractivity contribution in [3.05, 3.63) is 45.6 Å². The van der Waals surface area contributed by atoms with Gasteiger partial charge in [-0.2, -0.15) is 5.26 Å². The number of nitrogens with zero attached hydrogens (tertiary/aromatic N) is 1. The molecule has 4 heteroatoms. The number of nitriles is 1. The zero-order valence-corrected chi connectivity index (χ0v) is 9.84. The molecule has 2 aromatic rings. The monoisotopic (exact) mass is 281 g/mol. The van der Waals surface area contributed by atoms with Gasteiger partial charge in [0, 0.05) is 4.47 Å². The zero-order valence-electron chi connectivity index (χ0n) is 7.50. The highest BCUT2D eigenvalue weighted by Crippen LogP contribution is 2.35. The van der Waals surface area contributed by atoms with Gasteiger partial charge in [-0.05, 0) is 40.2 Å². The van der Waals surface area contributed by atoms with Gasteiger partial charge in [-0.15, -0.1) is 0 Å². The van der Waals surface area contributed by atoms with Gasteiger partial charge in [0.2, 0.25) is 0 Å². The van der Waals surface area contributed by atoms with Gasteiger partial charge in [0.25, 0.3) is 0 Å². The van der Waals surface area contributed by atoms with Gasteiger partial charge in [-0.1, -0.05) is 11.6 Å². The lowest BCUT2D eigenvalue weighted by molar-refractivity contribution is 0.582. The van der Waals surface area contributed by atoms with E-state index in [2.05, 4.69) is 22.0 Å². The van der Waals surface area contributed by atoms with Crippen molar-refractivity contribution in [2.24, 2.45) is 0 Å². The Morgan fingerprint density at radius 2 is 2.13 bits per heavy atom. The summed E-state index contributed by atoms with van der Waals surface area (Å²) in [5.41, 5.74) is 1.11. The SMILES string of the molecule is N#Cc1c(Br)ccc(Cl)c1-c1ccco1. The van der Waals surface area contributed by atoms with Crippen LogP contribution in [0.2, 0.25) is 5.02 Å². The van der Waals surface area contributed by atoms with Crippen molar-refractivity contribution >= 4 is 27.5 Å². The smallest absolute Gasteiger partial charge is 0.136 e. The molecule has 0 saturated heterocycles. The Morgan fingerprint density at radius 3 is 2.73 bits per heavy atom. The molecule has 0 fully saturated rings. The minimum atomic E-state index is 0.484. The highest BCUT2D eigenvalue weighted by molar-refractivity contribution is 9.10. The Balaban J connectivity index is 2.76. The van der Waals surface area contributed by atoms with Crippen molar-refractivity contribution in [1.82, 2.24) is 0 Å². The third kappa shape index (κ3) is 1.79. The van der Waals surface area contributed by atoms with Crippen LogP contribution in [0.3, 0.4) is 0 Å². The molecule has 0 radical (unpaired) electrons. The fourth-order valence-corrected chi connectivity index (χ4v) is 1.99. The van der Waals surface area contributed by atoms with E-state index in [9.17, 15) is 0 Å². The van der Waals surface area contributed by atoms with Crippen molar-refractivity contribution in [2.75, 3.05) is 0 Å². The summed E-state index contributed by atoms with van der Waals surface area (Å²) in [6.45, 7) is 0. The van der Waals surface area contributed by atoms with Crippen molar-refractivity contribution < 1.29 is 4.42 Å². The molecule has 2 rings (SSSR count). The van der Waals surface area contributed by atoms with Gasteiger partial charge in [0.05, 0.1) is 22.4 Å². The maximum atomic E-state index is 9.04. The van der Waals surface area contributed by atoms with Crippen LogP contribution in [0.1, 0.15) is 5.56 Å². The molecule has 0 aliphatic rings. The van der Waals surface area contributed by atoms with Crippen molar-refractivity contribution in [3.63, 3.8) is 0 Å². The zero-order chi connectivity index (χ0) is 10.8. The summed E-state index contributed by atoms with van der Waals surface area (Å²) in [5.74, 6) is 0.595. The Bertz CT molecular complexity index is 528. The molecule has 0 unspecified atom stereocenters. The van der Waals surface area contributed by atoms with Crippen LogP contribution >= 0.6 is 27.5 Å². The Morgan fingerprint density at radius 1 is 1.33 bits per heavy atom. The second-order valence-corrected chi connectivity index (χ2v) is 4.13. The third-order valence-electron chi connectivity index (χ3n) is 1.98. The number of halogens is 2. The van der Waals surface area contributed by atoms with Crippen LogP contribution in [0.4, 0.5) is 0 Å². The first-order chi connectivity index (χ1) is 7.24. The summed E-state index contributed by atoms with van der Waals surface area (Å²) in [6, 6.07) is 9.10. The summed E-state index contributed by atoms with van der Waals surface area (Å²) >= 11 is 9.34. The van der Waals surface area contributed by atoms with E-state index in [1.807, 2.05) is 0 Å². The largest absolute Gasteiger partial charge is 0.464 e. The normalized spacial score (nSPS) is 9.93. The molecule has 0 saturated carbocycles. The number of hydrogen-bond donors (Lipinski definition) is 0. The summed E-state index contributed by atoms with van der Waals surface area (Å²) in [7, 11) is 0. The fourth-order valence-electron chi connectivity index (χ4n) is 1.32. The average molecular weight is 283 g/mol. The first-order valence-corrected chi connectivity index (χ1v) is 5.33. The molecule has 0 spiro atoms. The van der Waals surface area contributed by atoms with Gasteiger partial charge in [-0.25, -0.2) is 0 Å². The van der Waals surface area contributed by atoms with Gasteiger partial charge < -0.3 is 4.42 Å². The lowest BCUT2D eigenvalue weighted by Gasteiger charge is -2.04. The van der Waals surface area contributed by atoms with Crippen LogP contribution in [0, 0.1) is 11.3 Å². The summed E-state index contributed by atoms with van der Waals surface area (Å²) < 4.78 is 5.95. The van der Waals surface area contributed by atoms with E-state index < -0.39 is 0 Å². The Labute approximate surface area is 100 Å². The highest BCUT2D eigenvalue weighted by atomic mass is 79.9. The van der Waals surface area contributed by atoms with E-state index in [1.165, 1.54) is 0 Å². The molecule has 2 nitrogen and oxygen atoms in total. The molecule has 0 aliphatic carbocycles. The fraction of sp³-hybridized carbons (Fsp3) is 0. The van der Waals surface area contributed by atoms with Crippen LogP contribution in [-0.4, -0.2) is 0 Å². The molecule has 1 heterocycles. The molecular weight excluding hydrogens is 277 g/mol. The van der Waals surface area contributed by atoms with Gasteiger partial charge >= 0.3 is 0 Å². The van der Waals surface area contributed by atoms with E-state index in [1.54, 1.807) is 30.5 Å². The predicted molar refractivity (Wildman–Crippen MR) is 61.6 cm³/mol. The maximum Gasteiger partial charge on any atom is 0.136 e. The second kappa shape index (κ2) is 4.09. The molecule has 1 aromatic heterocycles. The van der Waals surface area contributed by atoms with Crippen LogP contribution in [0.15, 0.2) is 39.4 Å². The van der Waals surface area contributed by atoms with Crippen molar-refractivity contribution in [3.8, 4) is 17.4 Å². The number of furan rings is 1. The topological polar surface area (TPSA) is 36.9 Å². The summed E-state index contributed by atoms with van der Waals surface area (Å²) in [5, 5.41) is 9.55. The van der Waals surface area contributed by atoms with Crippen LogP contribution in [0.25, 0.3) is 11.3 Å². The first kappa shape index (κ1) is 10.3. The maximum absolute atomic E-state index is 9.04. The Hall–Kier alpha value is -1.24. The number of benzene rings is 1. The third-order valence-corrected chi connectivity index (χ3v) is 2.96. The van der Waals surface area contributed by atoms with E-state index in [-0.39, 0.29) is 0 Å². The average Bonchev–Trinajstić information content (AvgIpc) is 2.74. The quantitative estimate of drug-likeness (QED) is 0.784. The molecule has 1 aromatic carbocycles. The lowest BCUT2D eigenvalue weighted by atomic mass is 10.1. The van der Waals surface area contributed by atoms with Crippen molar-refractivity contribution in [1.29, 1.82) is 5.26 Å². The molecule has 74 valence electrons. The number of rotatable bonds is 1. The lowest BCUT2D eigenvalue weighted by Crippen LogP contribution is -1.86. The van der Waals surface area contributed by atoms with Gasteiger partial charge in [-0.3, -0.25) is 0 Å². The molecule has 0 aliphatic heterocycles. The van der Waals surface area contributed by atoms with E-state index in [4.69, 9.17) is 21.3 Å². The summed E-state index contributed by atoms with van der Waals surface area (Å²) in [4.78, 5) is 0. The van der Waals surface area contributed by atoms with E-state index >= 15 is 0 Å². The summed E-state index contributed by atoms with van der Waals surface area (Å²) in [6.07, 6.45) is 1.55. The molecule has 0 amide bonds. The van der Waals surface area contributed by atoms with Gasteiger partial charge in [0.15, 0.2) is 0 Å². The van der Waals surface area contributed by atoms with E-state index in [0.717, 1.165) is 0 Å². The second-order valence-electron chi connectivity index (χ2n) is 2.87. The minimum absolute atomic E-state index is 0.484. The predicted octanol–water partition coefficient (Wildman–Crippen LogP) is 4.23. The molecule has 0 bridgehead atoms. The van der Waals surface area contributed by atoms with Crippen LogP contribution < -0.4 is 0 Å². The number of hydrogen-bond acceptors (Lipinski definition) is 2. The standard InChI is InChI=1S/C11H5BrClNO/c12-8-3-4-9(13)11(7(8)6-14)10-2-1-5-15-10/h1-5H. The molecular formula is C11H5BrClNO. The molecule has 0 N–H and O–H groups in total. The van der Waals surface area contributed by atoms with Crippen LogP contribution in [-0.2, 0) is 0 Å².